The van der Waals surface area contributed by atoms with Gasteiger partial charge in [0.1, 0.15) is 11.4 Å². The van der Waals surface area contributed by atoms with Crippen molar-refractivity contribution in [3.05, 3.63) is 84.2 Å². The Morgan fingerprint density at radius 3 is 2.47 bits per heavy atom. The van der Waals surface area contributed by atoms with Crippen molar-refractivity contribution in [2.45, 2.75) is 6.92 Å². The van der Waals surface area contributed by atoms with Crippen LogP contribution in [0.1, 0.15) is 16.2 Å². The van der Waals surface area contributed by atoms with Crippen molar-refractivity contribution in [2.24, 2.45) is 0 Å². The fraction of sp³-hybridized carbons (Fsp3) is 0.231. The highest BCUT2D eigenvalue weighted by atomic mass is 16.5. The van der Waals surface area contributed by atoms with Gasteiger partial charge in [0.15, 0.2) is 0 Å². The second-order valence-corrected chi connectivity index (χ2v) is 8.06. The smallest absolute Gasteiger partial charge is 0.272 e. The summed E-state index contributed by atoms with van der Waals surface area (Å²) in [6.07, 6.45) is 0. The number of ether oxygens (including phenoxy) is 1. The predicted octanol–water partition coefficient (Wildman–Crippen LogP) is 4.30. The van der Waals surface area contributed by atoms with E-state index in [4.69, 9.17) is 4.74 Å². The van der Waals surface area contributed by atoms with Crippen molar-refractivity contribution in [2.75, 3.05) is 38.2 Å². The van der Waals surface area contributed by atoms with Crippen LogP contribution in [0.15, 0.2) is 72.8 Å². The average Bonchev–Trinajstić information content (AvgIpc) is 3.25. The molecule has 0 spiro atoms. The predicted molar refractivity (Wildman–Crippen MR) is 127 cm³/mol. The van der Waals surface area contributed by atoms with Gasteiger partial charge in [-0.25, -0.2) is 4.68 Å². The lowest BCUT2D eigenvalue weighted by Crippen LogP contribution is -2.49. The van der Waals surface area contributed by atoms with Crippen molar-refractivity contribution in [1.29, 1.82) is 0 Å². The third kappa shape index (κ3) is 3.68. The van der Waals surface area contributed by atoms with Gasteiger partial charge in [0.05, 0.1) is 18.5 Å². The molecular formula is C26H26N4O2. The van der Waals surface area contributed by atoms with Crippen LogP contribution in [-0.4, -0.2) is 53.9 Å². The minimum Gasteiger partial charge on any atom is -0.497 e. The highest BCUT2D eigenvalue weighted by molar-refractivity contribution is 5.95. The molecule has 6 nitrogen and oxygen atoms in total. The van der Waals surface area contributed by atoms with Crippen molar-refractivity contribution >= 4 is 22.4 Å². The lowest BCUT2D eigenvalue weighted by Gasteiger charge is -2.36. The molecule has 1 aliphatic rings. The molecule has 0 bridgehead atoms. The summed E-state index contributed by atoms with van der Waals surface area (Å²) in [4.78, 5) is 17.7. The second kappa shape index (κ2) is 8.38. The molecule has 4 aromatic rings. The standard InChI is InChI=1S/C26H26N4O2/c1-19-17-25(30(27-19)21-9-6-10-22(18-21)32-2)26(31)29-15-13-28(14-16-29)24-12-5-8-20-7-3-4-11-23(20)24/h3-12,17-18H,13-16H2,1-2H3. The summed E-state index contributed by atoms with van der Waals surface area (Å²) in [5.41, 5.74) is 3.43. The first-order valence-corrected chi connectivity index (χ1v) is 10.9. The molecule has 1 amide bonds. The van der Waals surface area contributed by atoms with Gasteiger partial charge in [-0.1, -0.05) is 42.5 Å². The molecule has 2 heterocycles. The molecule has 1 fully saturated rings. The lowest BCUT2D eigenvalue weighted by molar-refractivity contribution is 0.0737. The summed E-state index contributed by atoms with van der Waals surface area (Å²) in [7, 11) is 1.63. The summed E-state index contributed by atoms with van der Waals surface area (Å²) in [6, 6.07) is 24.3. The molecule has 6 heteroatoms. The third-order valence-electron chi connectivity index (χ3n) is 6.02. The number of carbonyl (C=O) groups is 1. The fourth-order valence-electron chi connectivity index (χ4n) is 4.39. The summed E-state index contributed by atoms with van der Waals surface area (Å²) < 4.78 is 7.06. The Bertz CT molecular complexity index is 1270. The van der Waals surface area contributed by atoms with Gasteiger partial charge < -0.3 is 14.5 Å². The van der Waals surface area contributed by atoms with Crippen molar-refractivity contribution in [1.82, 2.24) is 14.7 Å². The number of methoxy groups -OCH3 is 1. The molecule has 0 saturated carbocycles. The number of piperazine rings is 1. The first-order valence-electron chi connectivity index (χ1n) is 10.9. The summed E-state index contributed by atoms with van der Waals surface area (Å²) in [5.74, 6) is 0.740. The van der Waals surface area contributed by atoms with E-state index in [1.54, 1.807) is 11.8 Å². The van der Waals surface area contributed by atoms with Crippen LogP contribution >= 0.6 is 0 Å². The zero-order valence-electron chi connectivity index (χ0n) is 18.4. The lowest BCUT2D eigenvalue weighted by atomic mass is 10.1. The zero-order valence-corrected chi connectivity index (χ0v) is 18.4. The number of aryl methyl sites for hydroxylation is 1. The Balaban J connectivity index is 1.36. The summed E-state index contributed by atoms with van der Waals surface area (Å²) >= 11 is 0. The van der Waals surface area contributed by atoms with E-state index in [2.05, 4.69) is 52.5 Å². The van der Waals surface area contributed by atoms with Gasteiger partial charge in [0.25, 0.3) is 5.91 Å². The number of aromatic nitrogens is 2. The maximum absolute atomic E-state index is 13.4. The fourth-order valence-corrected chi connectivity index (χ4v) is 4.39. The number of carbonyl (C=O) groups excluding carboxylic acids is 1. The molecule has 32 heavy (non-hydrogen) atoms. The van der Waals surface area contributed by atoms with Crippen LogP contribution in [0, 0.1) is 6.92 Å². The normalized spacial score (nSPS) is 14.1. The van der Waals surface area contributed by atoms with Crippen molar-refractivity contribution < 1.29 is 9.53 Å². The quantitative estimate of drug-likeness (QED) is 0.488. The molecule has 0 radical (unpaired) electrons. The van der Waals surface area contributed by atoms with Gasteiger partial charge in [0, 0.05) is 43.3 Å². The molecule has 1 aliphatic heterocycles. The first-order chi connectivity index (χ1) is 15.6. The minimum absolute atomic E-state index is 0.00555. The molecule has 3 aromatic carbocycles. The van der Waals surface area contributed by atoms with E-state index in [0.717, 1.165) is 30.2 Å². The number of amides is 1. The van der Waals surface area contributed by atoms with Crippen LogP contribution in [0.3, 0.4) is 0 Å². The number of rotatable bonds is 4. The highest BCUT2D eigenvalue weighted by Crippen LogP contribution is 2.28. The number of hydrogen-bond donors (Lipinski definition) is 0. The van der Waals surface area contributed by atoms with Crippen molar-refractivity contribution in [3.63, 3.8) is 0 Å². The van der Waals surface area contributed by atoms with Gasteiger partial charge in [-0.2, -0.15) is 5.10 Å². The summed E-state index contributed by atoms with van der Waals surface area (Å²) in [5, 5.41) is 7.06. The van der Waals surface area contributed by atoms with Gasteiger partial charge >= 0.3 is 0 Å². The number of nitrogens with zero attached hydrogens (tertiary/aromatic N) is 4. The third-order valence-corrected chi connectivity index (χ3v) is 6.02. The monoisotopic (exact) mass is 426 g/mol. The van der Waals surface area contributed by atoms with E-state index in [-0.39, 0.29) is 5.91 Å². The topological polar surface area (TPSA) is 50.6 Å². The van der Waals surface area contributed by atoms with E-state index in [0.29, 0.717) is 18.8 Å². The van der Waals surface area contributed by atoms with E-state index in [1.807, 2.05) is 42.2 Å². The molecular weight excluding hydrogens is 400 g/mol. The Kier molecular flexibility index (Phi) is 5.27. The number of hydrogen-bond acceptors (Lipinski definition) is 4. The Labute approximate surface area is 187 Å². The van der Waals surface area contributed by atoms with E-state index in [9.17, 15) is 4.79 Å². The first kappa shape index (κ1) is 20.1. The maximum Gasteiger partial charge on any atom is 0.272 e. The van der Waals surface area contributed by atoms with E-state index >= 15 is 0 Å². The molecule has 0 aliphatic carbocycles. The van der Waals surface area contributed by atoms with Gasteiger partial charge in [-0.15, -0.1) is 0 Å². The summed E-state index contributed by atoms with van der Waals surface area (Å²) in [6.45, 7) is 4.85. The molecule has 1 saturated heterocycles. The van der Waals surface area contributed by atoms with Crippen LogP contribution < -0.4 is 9.64 Å². The molecule has 1 aromatic heterocycles. The SMILES string of the molecule is COc1cccc(-n2nc(C)cc2C(=O)N2CCN(c3cccc4ccccc34)CC2)c1. The van der Waals surface area contributed by atoms with Crippen LogP contribution in [-0.2, 0) is 0 Å². The van der Waals surface area contributed by atoms with Crippen LogP contribution in [0.5, 0.6) is 5.75 Å². The number of anilines is 1. The second-order valence-electron chi connectivity index (χ2n) is 8.06. The number of fused-ring (bicyclic) bond motifs is 1. The van der Waals surface area contributed by atoms with E-state index < -0.39 is 0 Å². The highest BCUT2D eigenvalue weighted by Gasteiger charge is 2.26. The van der Waals surface area contributed by atoms with Gasteiger partial charge in [-0.3, -0.25) is 4.79 Å². The Morgan fingerprint density at radius 1 is 0.906 bits per heavy atom. The van der Waals surface area contributed by atoms with Crippen LogP contribution in [0.4, 0.5) is 5.69 Å². The van der Waals surface area contributed by atoms with Gasteiger partial charge in [-0.05, 0) is 36.6 Å². The maximum atomic E-state index is 13.4. The van der Waals surface area contributed by atoms with Crippen molar-refractivity contribution in [3.8, 4) is 11.4 Å². The van der Waals surface area contributed by atoms with Crippen LogP contribution in [0.2, 0.25) is 0 Å². The largest absolute Gasteiger partial charge is 0.497 e. The van der Waals surface area contributed by atoms with E-state index in [1.165, 1.54) is 16.5 Å². The van der Waals surface area contributed by atoms with Crippen LogP contribution in [0.25, 0.3) is 16.5 Å². The molecule has 162 valence electrons. The van der Waals surface area contributed by atoms with Gasteiger partial charge in [0.2, 0.25) is 0 Å². The molecule has 0 unspecified atom stereocenters. The zero-order chi connectivity index (χ0) is 22.1. The molecule has 0 N–H and O–H groups in total. The molecule has 5 rings (SSSR count). The Morgan fingerprint density at radius 2 is 1.66 bits per heavy atom. The molecule has 0 atom stereocenters. The average molecular weight is 427 g/mol. The Hall–Kier alpha value is -3.80. The number of benzene rings is 3. The minimum atomic E-state index is 0.00555.